The third kappa shape index (κ3) is 3.62. The number of hydrogen-bond donors (Lipinski definition) is 1. The molecule has 0 saturated carbocycles. The number of nitrogens with one attached hydrogen (secondary N) is 1. The maximum atomic E-state index is 13.2. The first-order valence-corrected chi connectivity index (χ1v) is 5.98. The maximum absolute atomic E-state index is 13.2. The summed E-state index contributed by atoms with van der Waals surface area (Å²) in [5, 5.41) is 2.49. The van der Waals surface area contributed by atoms with Crippen molar-refractivity contribution < 1.29 is 9.18 Å². The van der Waals surface area contributed by atoms with Gasteiger partial charge in [-0.1, -0.05) is 11.6 Å². The average molecular weight is 300 g/mol. The van der Waals surface area contributed by atoms with Crippen LogP contribution in [0.4, 0.5) is 10.2 Å². The summed E-state index contributed by atoms with van der Waals surface area (Å²) in [6.07, 6.45) is 0. The molecule has 1 aromatic carbocycles. The largest absolute Gasteiger partial charge is 0.306 e. The minimum Gasteiger partial charge on any atom is -0.306 e. The Balaban J connectivity index is 2.25. The Morgan fingerprint density at radius 3 is 2.58 bits per heavy atom. The third-order valence-electron chi connectivity index (χ3n) is 2.21. The lowest BCUT2D eigenvalue weighted by Crippen LogP contribution is -2.13. The van der Waals surface area contributed by atoms with E-state index in [9.17, 15) is 9.18 Å². The topological polar surface area (TPSA) is 54.9 Å². The van der Waals surface area contributed by atoms with Gasteiger partial charge >= 0.3 is 0 Å². The quantitative estimate of drug-likeness (QED) is 0.682. The molecule has 2 aromatic rings. The minimum atomic E-state index is -0.506. The van der Waals surface area contributed by atoms with Gasteiger partial charge in [-0.2, -0.15) is 0 Å². The Kier molecular flexibility index (Phi) is 3.97. The predicted molar refractivity (Wildman–Crippen MR) is 71.1 cm³/mol. The summed E-state index contributed by atoms with van der Waals surface area (Å²) in [7, 11) is 0. The van der Waals surface area contributed by atoms with Crippen LogP contribution in [0.5, 0.6) is 0 Å². The minimum absolute atomic E-state index is 0.0850. The van der Waals surface area contributed by atoms with Gasteiger partial charge in [0.25, 0.3) is 5.91 Å². The lowest BCUT2D eigenvalue weighted by Gasteiger charge is -2.06. The Morgan fingerprint density at radius 1 is 1.21 bits per heavy atom. The van der Waals surface area contributed by atoms with E-state index in [0.29, 0.717) is 5.56 Å². The maximum Gasteiger partial charge on any atom is 0.256 e. The summed E-state index contributed by atoms with van der Waals surface area (Å²) in [4.78, 5) is 19.4. The van der Waals surface area contributed by atoms with Crippen molar-refractivity contribution in [2.24, 2.45) is 0 Å². The number of amides is 1. The van der Waals surface area contributed by atoms with E-state index in [1.54, 1.807) is 13.0 Å². The van der Waals surface area contributed by atoms with Crippen molar-refractivity contribution in [3.8, 4) is 0 Å². The van der Waals surface area contributed by atoms with Gasteiger partial charge in [0, 0.05) is 11.6 Å². The lowest BCUT2D eigenvalue weighted by molar-refractivity contribution is 0.102. The van der Waals surface area contributed by atoms with Gasteiger partial charge in [-0.25, -0.2) is 14.4 Å². The van der Waals surface area contributed by atoms with Crippen LogP contribution >= 0.6 is 23.2 Å². The zero-order valence-electron chi connectivity index (χ0n) is 9.75. The van der Waals surface area contributed by atoms with Crippen molar-refractivity contribution in [2.75, 3.05) is 5.32 Å². The number of anilines is 1. The molecule has 7 heteroatoms. The van der Waals surface area contributed by atoms with Crippen LogP contribution < -0.4 is 5.32 Å². The molecule has 1 heterocycles. The van der Waals surface area contributed by atoms with Crippen molar-refractivity contribution in [3.63, 3.8) is 0 Å². The molecule has 1 amide bonds. The monoisotopic (exact) mass is 299 g/mol. The highest BCUT2D eigenvalue weighted by molar-refractivity contribution is 6.32. The van der Waals surface area contributed by atoms with Gasteiger partial charge in [0.2, 0.25) is 5.28 Å². The molecule has 0 radical (unpaired) electrons. The van der Waals surface area contributed by atoms with Gasteiger partial charge < -0.3 is 5.32 Å². The van der Waals surface area contributed by atoms with Gasteiger partial charge in [-0.3, -0.25) is 4.79 Å². The van der Waals surface area contributed by atoms with E-state index in [2.05, 4.69) is 15.3 Å². The van der Waals surface area contributed by atoms with Crippen LogP contribution in [-0.4, -0.2) is 15.9 Å². The number of carbonyl (C=O) groups is 1. The van der Waals surface area contributed by atoms with Gasteiger partial charge in [-0.15, -0.1) is 0 Å². The molecular weight excluding hydrogens is 292 g/mol. The molecular formula is C12H8Cl2FN3O. The second-order valence-electron chi connectivity index (χ2n) is 3.82. The van der Waals surface area contributed by atoms with Gasteiger partial charge in [0.15, 0.2) is 0 Å². The average Bonchev–Trinajstić information content (AvgIpc) is 2.25. The molecule has 98 valence electrons. The van der Waals surface area contributed by atoms with E-state index in [1.807, 2.05) is 0 Å². The molecule has 0 aliphatic rings. The van der Waals surface area contributed by atoms with Crippen LogP contribution in [0.3, 0.4) is 0 Å². The Labute approximate surface area is 118 Å². The van der Waals surface area contributed by atoms with Crippen molar-refractivity contribution >= 4 is 34.9 Å². The molecule has 4 nitrogen and oxygen atoms in total. The molecule has 0 spiro atoms. The third-order valence-corrected chi connectivity index (χ3v) is 2.58. The molecule has 0 aliphatic heterocycles. The zero-order chi connectivity index (χ0) is 14.0. The lowest BCUT2D eigenvalue weighted by atomic mass is 10.1. The molecule has 0 fully saturated rings. The Morgan fingerprint density at radius 2 is 1.95 bits per heavy atom. The number of halogens is 3. The molecule has 19 heavy (non-hydrogen) atoms. The molecule has 0 atom stereocenters. The summed E-state index contributed by atoms with van der Waals surface area (Å²) in [5.74, 6) is -0.839. The highest BCUT2D eigenvalue weighted by Gasteiger charge is 2.10. The highest BCUT2D eigenvalue weighted by atomic mass is 35.5. The number of hydrogen-bond acceptors (Lipinski definition) is 3. The summed E-state index contributed by atoms with van der Waals surface area (Å²) in [5.41, 5.74) is 0.826. The van der Waals surface area contributed by atoms with Crippen molar-refractivity contribution in [1.82, 2.24) is 9.97 Å². The molecule has 1 aromatic heterocycles. The molecule has 0 aliphatic carbocycles. The Bertz CT molecular complexity index is 608. The number of aromatic nitrogens is 2. The number of rotatable bonds is 2. The molecule has 1 N–H and O–H groups in total. The van der Waals surface area contributed by atoms with Crippen molar-refractivity contribution in [3.05, 3.63) is 51.6 Å². The number of carbonyl (C=O) groups excluding carboxylic acids is 1. The fourth-order valence-electron chi connectivity index (χ4n) is 1.51. The summed E-state index contributed by atoms with van der Waals surface area (Å²) >= 11 is 11.3. The first kappa shape index (κ1) is 13.7. The summed E-state index contributed by atoms with van der Waals surface area (Å²) in [6, 6.07) is 5.36. The smallest absolute Gasteiger partial charge is 0.256 e. The first-order chi connectivity index (χ1) is 8.94. The molecule has 0 unspecified atom stereocenters. The van der Waals surface area contributed by atoms with E-state index in [4.69, 9.17) is 23.2 Å². The zero-order valence-corrected chi connectivity index (χ0v) is 11.3. The fraction of sp³-hybridized carbons (Fsp3) is 0.0833. The number of nitrogens with zero attached hydrogens (tertiary/aromatic N) is 2. The van der Waals surface area contributed by atoms with Gasteiger partial charge in [-0.05, 0) is 42.3 Å². The van der Waals surface area contributed by atoms with Crippen LogP contribution in [0.25, 0.3) is 0 Å². The normalized spacial score (nSPS) is 10.3. The standard InChI is InChI=1S/C12H8Cl2FN3O/c1-6-2-7(4-8(15)3-6)11(19)17-10-5-9(13)16-12(14)18-10/h2-5H,1H3,(H,16,17,18,19). The molecule has 2 rings (SSSR count). The van der Waals surface area contributed by atoms with E-state index in [-0.39, 0.29) is 21.8 Å². The summed E-state index contributed by atoms with van der Waals surface area (Å²) in [6.45, 7) is 1.69. The van der Waals surface area contributed by atoms with E-state index in [0.717, 1.165) is 6.07 Å². The van der Waals surface area contributed by atoms with Gasteiger partial charge in [0.05, 0.1) is 0 Å². The highest BCUT2D eigenvalue weighted by Crippen LogP contribution is 2.16. The molecule has 0 saturated heterocycles. The van der Waals surface area contributed by atoms with Crippen LogP contribution in [0.1, 0.15) is 15.9 Å². The second kappa shape index (κ2) is 5.50. The number of aryl methyl sites for hydroxylation is 1. The first-order valence-electron chi connectivity index (χ1n) is 5.22. The van der Waals surface area contributed by atoms with E-state index < -0.39 is 11.7 Å². The van der Waals surface area contributed by atoms with Crippen LogP contribution in [0.15, 0.2) is 24.3 Å². The van der Waals surface area contributed by atoms with E-state index >= 15 is 0 Å². The van der Waals surface area contributed by atoms with Gasteiger partial charge in [0.1, 0.15) is 16.8 Å². The van der Waals surface area contributed by atoms with Crippen molar-refractivity contribution in [2.45, 2.75) is 6.92 Å². The fourth-order valence-corrected chi connectivity index (χ4v) is 1.92. The van der Waals surface area contributed by atoms with Crippen LogP contribution in [0, 0.1) is 12.7 Å². The van der Waals surface area contributed by atoms with Crippen LogP contribution in [-0.2, 0) is 0 Å². The second-order valence-corrected chi connectivity index (χ2v) is 4.54. The predicted octanol–water partition coefficient (Wildman–Crippen LogP) is 3.48. The number of benzene rings is 1. The van der Waals surface area contributed by atoms with E-state index in [1.165, 1.54) is 12.1 Å². The Hall–Kier alpha value is -1.72. The van der Waals surface area contributed by atoms with Crippen LogP contribution in [0.2, 0.25) is 10.4 Å². The molecule has 0 bridgehead atoms. The summed E-state index contributed by atoms with van der Waals surface area (Å²) < 4.78 is 13.2. The van der Waals surface area contributed by atoms with Crippen molar-refractivity contribution in [1.29, 1.82) is 0 Å². The SMILES string of the molecule is Cc1cc(F)cc(C(=O)Nc2cc(Cl)nc(Cl)n2)c1.